The van der Waals surface area contributed by atoms with Crippen molar-refractivity contribution in [3.05, 3.63) is 83.4 Å². The standard InChI is InChI=1S/C27H26F4N2O4/c28-21-3-1-2-18(15-21)19-4-5-22(29)20(14-19)16-32-27-23(30)6-7-24(26(27)31)37-17-25(34)36-13-10-33-8-11-35-12-9-33/h1-7,14-15,32H,8-13,16-17H2. The molecule has 0 aromatic heterocycles. The van der Waals surface area contributed by atoms with Gasteiger partial charge in [0.25, 0.3) is 0 Å². The van der Waals surface area contributed by atoms with Gasteiger partial charge in [-0.3, -0.25) is 4.90 Å². The molecule has 196 valence electrons. The average molecular weight is 519 g/mol. The van der Waals surface area contributed by atoms with Crippen LogP contribution in [0.5, 0.6) is 5.75 Å². The zero-order valence-corrected chi connectivity index (χ0v) is 19.9. The monoisotopic (exact) mass is 518 g/mol. The molecule has 0 bridgehead atoms. The molecule has 4 rings (SSSR count). The molecule has 1 aliphatic heterocycles. The summed E-state index contributed by atoms with van der Waals surface area (Å²) in [7, 11) is 0. The van der Waals surface area contributed by atoms with Gasteiger partial charge in [0.2, 0.25) is 0 Å². The van der Waals surface area contributed by atoms with Crippen molar-refractivity contribution in [1.82, 2.24) is 4.90 Å². The second-order valence-corrected chi connectivity index (χ2v) is 8.37. The number of morpholine rings is 1. The molecule has 0 unspecified atom stereocenters. The van der Waals surface area contributed by atoms with E-state index in [2.05, 4.69) is 10.2 Å². The van der Waals surface area contributed by atoms with E-state index < -0.39 is 41.5 Å². The van der Waals surface area contributed by atoms with Crippen LogP contribution >= 0.6 is 0 Å². The highest BCUT2D eigenvalue weighted by Gasteiger charge is 2.17. The highest BCUT2D eigenvalue weighted by Crippen LogP contribution is 2.29. The van der Waals surface area contributed by atoms with E-state index in [9.17, 15) is 22.4 Å². The quantitative estimate of drug-likeness (QED) is 0.308. The van der Waals surface area contributed by atoms with Crippen LogP contribution in [0.3, 0.4) is 0 Å². The van der Waals surface area contributed by atoms with E-state index in [1.165, 1.54) is 36.4 Å². The molecule has 0 radical (unpaired) electrons. The molecular weight excluding hydrogens is 492 g/mol. The molecule has 37 heavy (non-hydrogen) atoms. The molecule has 0 atom stereocenters. The van der Waals surface area contributed by atoms with Gasteiger partial charge in [0, 0.05) is 31.7 Å². The van der Waals surface area contributed by atoms with E-state index in [1.54, 1.807) is 6.07 Å². The van der Waals surface area contributed by atoms with Crippen LogP contribution in [0.15, 0.2) is 54.6 Å². The third-order valence-corrected chi connectivity index (χ3v) is 5.83. The molecule has 6 nitrogen and oxygen atoms in total. The largest absolute Gasteiger partial charge is 0.479 e. The number of nitrogens with one attached hydrogen (secondary N) is 1. The molecule has 1 N–H and O–H groups in total. The number of carbonyl (C=O) groups excluding carboxylic acids is 1. The lowest BCUT2D eigenvalue weighted by Crippen LogP contribution is -2.38. The Balaban J connectivity index is 1.35. The van der Waals surface area contributed by atoms with Gasteiger partial charge in [-0.25, -0.2) is 22.4 Å². The lowest BCUT2D eigenvalue weighted by molar-refractivity contribution is -0.146. The van der Waals surface area contributed by atoms with Gasteiger partial charge in [0.15, 0.2) is 18.2 Å². The molecular formula is C27H26F4N2O4. The molecule has 1 aliphatic rings. The van der Waals surface area contributed by atoms with Crippen LogP contribution in [0.25, 0.3) is 11.1 Å². The first kappa shape index (κ1) is 26.4. The summed E-state index contributed by atoms with van der Waals surface area (Å²) in [6.07, 6.45) is 0. The van der Waals surface area contributed by atoms with Gasteiger partial charge in [0.05, 0.1) is 13.2 Å². The maximum Gasteiger partial charge on any atom is 0.344 e. The first-order chi connectivity index (χ1) is 17.9. The van der Waals surface area contributed by atoms with Gasteiger partial charge < -0.3 is 19.5 Å². The van der Waals surface area contributed by atoms with E-state index in [0.717, 1.165) is 25.2 Å². The Labute approximate surface area is 211 Å². The van der Waals surface area contributed by atoms with Crippen molar-refractivity contribution < 1.29 is 36.6 Å². The Hall–Kier alpha value is -3.63. The molecule has 1 heterocycles. The zero-order chi connectivity index (χ0) is 26.2. The predicted molar refractivity (Wildman–Crippen MR) is 129 cm³/mol. The minimum absolute atomic E-state index is 0.121. The van der Waals surface area contributed by atoms with Crippen molar-refractivity contribution in [2.45, 2.75) is 6.54 Å². The first-order valence-corrected chi connectivity index (χ1v) is 11.8. The maximum atomic E-state index is 14.9. The fourth-order valence-corrected chi connectivity index (χ4v) is 3.84. The summed E-state index contributed by atoms with van der Waals surface area (Å²) in [6, 6.07) is 12.0. The SMILES string of the molecule is O=C(COc1ccc(F)c(NCc2cc(-c3cccc(F)c3)ccc2F)c1F)OCCN1CCOCC1. The number of rotatable bonds is 10. The molecule has 10 heteroatoms. The summed E-state index contributed by atoms with van der Waals surface area (Å²) in [4.78, 5) is 14.1. The number of ether oxygens (including phenoxy) is 3. The summed E-state index contributed by atoms with van der Waals surface area (Å²) < 4.78 is 72.8. The Kier molecular flexibility index (Phi) is 8.97. The van der Waals surface area contributed by atoms with E-state index >= 15 is 0 Å². The molecule has 1 saturated heterocycles. The van der Waals surface area contributed by atoms with Gasteiger partial charge in [-0.05, 0) is 47.5 Å². The van der Waals surface area contributed by atoms with Crippen LogP contribution in [-0.2, 0) is 20.8 Å². The van der Waals surface area contributed by atoms with Crippen molar-refractivity contribution in [3.8, 4) is 16.9 Å². The van der Waals surface area contributed by atoms with Crippen molar-refractivity contribution in [1.29, 1.82) is 0 Å². The summed E-state index contributed by atoms with van der Waals surface area (Å²) in [5, 5.41) is 2.55. The second kappa shape index (κ2) is 12.6. The summed E-state index contributed by atoms with van der Waals surface area (Å²) in [5.74, 6) is -4.07. The highest BCUT2D eigenvalue weighted by molar-refractivity contribution is 5.71. The molecule has 0 spiro atoms. The Morgan fingerprint density at radius 3 is 2.49 bits per heavy atom. The fourth-order valence-electron chi connectivity index (χ4n) is 3.84. The maximum absolute atomic E-state index is 14.9. The molecule has 3 aromatic rings. The van der Waals surface area contributed by atoms with Gasteiger partial charge in [-0.2, -0.15) is 0 Å². The van der Waals surface area contributed by atoms with Crippen molar-refractivity contribution in [3.63, 3.8) is 0 Å². The molecule has 1 fully saturated rings. The zero-order valence-electron chi connectivity index (χ0n) is 19.9. The van der Waals surface area contributed by atoms with Crippen LogP contribution in [0.4, 0.5) is 23.2 Å². The molecule has 0 aliphatic carbocycles. The number of esters is 1. The summed E-state index contributed by atoms with van der Waals surface area (Å²) in [6.45, 7) is 2.65. The second-order valence-electron chi connectivity index (χ2n) is 8.37. The normalized spacial score (nSPS) is 13.8. The number of benzene rings is 3. The van der Waals surface area contributed by atoms with E-state index in [1.807, 2.05) is 0 Å². The van der Waals surface area contributed by atoms with Crippen LogP contribution in [0, 0.1) is 23.3 Å². The van der Waals surface area contributed by atoms with Crippen LogP contribution < -0.4 is 10.1 Å². The molecule has 0 amide bonds. The van der Waals surface area contributed by atoms with Crippen molar-refractivity contribution >= 4 is 11.7 Å². The number of anilines is 1. The van der Waals surface area contributed by atoms with Gasteiger partial charge in [-0.1, -0.05) is 18.2 Å². The topological polar surface area (TPSA) is 60.0 Å². The van der Waals surface area contributed by atoms with E-state index in [-0.39, 0.29) is 24.5 Å². The Morgan fingerprint density at radius 1 is 0.946 bits per heavy atom. The van der Waals surface area contributed by atoms with Crippen LogP contribution in [0.1, 0.15) is 5.56 Å². The van der Waals surface area contributed by atoms with Gasteiger partial charge in [0.1, 0.15) is 29.7 Å². The van der Waals surface area contributed by atoms with Crippen LogP contribution in [0.2, 0.25) is 0 Å². The van der Waals surface area contributed by atoms with E-state index in [0.29, 0.717) is 30.9 Å². The van der Waals surface area contributed by atoms with Crippen LogP contribution in [-0.4, -0.2) is 56.9 Å². The molecule has 0 saturated carbocycles. The van der Waals surface area contributed by atoms with Crippen molar-refractivity contribution in [2.24, 2.45) is 0 Å². The summed E-state index contributed by atoms with van der Waals surface area (Å²) >= 11 is 0. The smallest absolute Gasteiger partial charge is 0.344 e. The average Bonchev–Trinajstić information content (AvgIpc) is 2.89. The predicted octanol–water partition coefficient (Wildman–Crippen LogP) is 4.78. The summed E-state index contributed by atoms with van der Waals surface area (Å²) in [5.41, 5.74) is 0.665. The third-order valence-electron chi connectivity index (χ3n) is 5.83. The first-order valence-electron chi connectivity index (χ1n) is 11.8. The number of hydrogen-bond donors (Lipinski definition) is 1. The van der Waals surface area contributed by atoms with Crippen molar-refractivity contribution in [2.75, 3.05) is 51.4 Å². The van der Waals surface area contributed by atoms with E-state index in [4.69, 9.17) is 14.2 Å². The van der Waals surface area contributed by atoms with Gasteiger partial charge in [-0.15, -0.1) is 0 Å². The fraction of sp³-hybridized carbons (Fsp3) is 0.296. The third kappa shape index (κ3) is 7.21. The minimum Gasteiger partial charge on any atom is -0.479 e. The number of nitrogens with zero attached hydrogens (tertiary/aromatic N) is 1. The Bertz CT molecular complexity index is 1240. The number of hydrogen-bond acceptors (Lipinski definition) is 6. The highest BCUT2D eigenvalue weighted by atomic mass is 19.1. The molecule has 3 aromatic carbocycles. The minimum atomic E-state index is -1.07. The lowest BCUT2D eigenvalue weighted by Gasteiger charge is -2.26. The van der Waals surface area contributed by atoms with Gasteiger partial charge >= 0.3 is 5.97 Å². The number of carbonyl (C=O) groups is 1. The Morgan fingerprint density at radius 2 is 1.70 bits per heavy atom. The lowest BCUT2D eigenvalue weighted by atomic mass is 10.0. The number of halogens is 4.